The van der Waals surface area contributed by atoms with Gasteiger partial charge in [-0.15, -0.1) is 0 Å². The molecule has 2 aromatic heterocycles. The predicted octanol–water partition coefficient (Wildman–Crippen LogP) is 3.78. The molecular weight excluding hydrogens is 448 g/mol. The lowest BCUT2D eigenvalue weighted by Gasteiger charge is -2.14. The number of anilines is 1. The molecule has 1 aliphatic heterocycles. The van der Waals surface area contributed by atoms with Crippen molar-refractivity contribution in [3.05, 3.63) is 75.7 Å². The van der Waals surface area contributed by atoms with Gasteiger partial charge in [0.1, 0.15) is 11.5 Å². The number of carbonyl (C=O) groups is 1. The highest BCUT2D eigenvalue weighted by Crippen LogP contribution is 2.33. The normalized spacial score (nSPS) is 14.8. The number of carbonyl (C=O) groups excluding carboxylic acids is 1. The van der Waals surface area contributed by atoms with Gasteiger partial charge in [-0.1, -0.05) is 35.5 Å². The van der Waals surface area contributed by atoms with Gasteiger partial charge in [-0.25, -0.2) is 9.67 Å². The summed E-state index contributed by atoms with van der Waals surface area (Å²) >= 11 is 7.40. The lowest BCUT2D eigenvalue weighted by molar-refractivity contribution is -0.116. The van der Waals surface area contributed by atoms with Crippen molar-refractivity contribution in [2.75, 3.05) is 11.1 Å². The molecule has 1 amide bonds. The highest BCUT2D eigenvalue weighted by atomic mass is 35.5. The van der Waals surface area contributed by atoms with E-state index in [1.54, 1.807) is 57.8 Å². The molecule has 32 heavy (non-hydrogen) atoms. The summed E-state index contributed by atoms with van der Waals surface area (Å²) in [5, 5.41) is 17.9. The Morgan fingerprint density at radius 3 is 2.81 bits per heavy atom. The highest BCUT2D eigenvalue weighted by molar-refractivity contribution is 7.99. The largest absolute Gasteiger partial charge is 0.325 e. The van der Waals surface area contributed by atoms with Crippen LogP contribution in [0, 0.1) is 11.3 Å². The summed E-state index contributed by atoms with van der Waals surface area (Å²) in [6, 6.07) is 15.6. The predicted molar refractivity (Wildman–Crippen MR) is 122 cm³/mol. The first-order chi connectivity index (χ1) is 15.5. The van der Waals surface area contributed by atoms with Gasteiger partial charge in [0.2, 0.25) is 5.91 Å². The molecule has 0 bridgehead atoms. The number of hydrogen-bond acceptors (Lipinski definition) is 6. The molecule has 1 N–H and O–H groups in total. The number of fused-ring (bicyclic) bond motifs is 2. The number of nitrogens with one attached hydrogen (secondary N) is 1. The zero-order valence-electron chi connectivity index (χ0n) is 16.5. The number of nitriles is 1. The number of thioether (sulfide) groups is 1. The number of nitrogens with zero attached hydrogens (tertiary/aromatic N) is 5. The Hall–Kier alpha value is -3.61. The first-order valence-corrected chi connectivity index (χ1v) is 11.1. The quantitative estimate of drug-likeness (QED) is 0.462. The van der Waals surface area contributed by atoms with E-state index in [9.17, 15) is 14.9 Å². The molecule has 4 aromatic rings. The van der Waals surface area contributed by atoms with Crippen LogP contribution in [0.3, 0.4) is 0 Å². The number of amides is 1. The Labute approximate surface area is 191 Å². The molecule has 0 saturated carbocycles. The van der Waals surface area contributed by atoms with E-state index in [2.05, 4.69) is 21.5 Å². The minimum atomic E-state index is -0.340. The van der Waals surface area contributed by atoms with E-state index < -0.39 is 0 Å². The molecule has 1 atom stereocenters. The standard InChI is InChI=1S/C22H15ClN6O2S/c23-14-5-7-15(8-6-14)29-20-17(11-25-29)21(31)28-16(12-32-22(28)27-20)9-19(30)26-18-4-2-1-3-13(18)10-24/h1-8,11,16H,9,12H2,(H,26,30). The average molecular weight is 463 g/mol. The molecule has 1 unspecified atom stereocenters. The average Bonchev–Trinajstić information content (AvgIpc) is 3.40. The summed E-state index contributed by atoms with van der Waals surface area (Å²) in [5.74, 6) is 0.284. The Morgan fingerprint density at radius 2 is 2.03 bits per heavy atom. The summed E-state index contributed by atoms with van der Waals surface area (Å²) in [6.45, 7) is 0. The molecule has 0 aliphatic carbocycles. The van der Waals surface area contributed by atoms with Gasteiger partial charge in [0.25, 0.3) is 5.56 Å². The minimum Gasteiger partial charge on any atom is -0.325 e. The molecule has 8 nitrogen and oxygen atoms in total. The monoisotopic (exact) mass is 462 g/mol. The van der Waals surface area contributed by atoms with Crippen LogP contribution < -0.4 is 10.9 Å². The van der Waals surface area contributed by atoms with Crippen LogP contribution in [-0.2, 0) is 4.79 Å². The van der Waals surface area contributed by atoms with Crippen molar-refractivity contribution in [2.45, 2.75) is 17.6 Å². The number of benzene rings is 2. The number of halogens is 1. The van der Waals surface area contributed by atoms with E-state index in [0.29, 0.717) is 38.2 Å². The maximum atomic E-state index is 13.2. The summed E-state index contributed by atoms with van der Waals surface area (Å²) < 4.78 is 3.17. The van der Waals surface area contributed by atoms with Crippen molar-refractivity contribution in [1.29, 1.82) is 5.26 Å². The van der Waals surface area contributed by atoms with Gasteiger partial charge in [0.15, 0.2) is 10.8 Å². The number of para-hydroxylation sites is 1. The molecule has 2 aromatic carbocycles. The van der Waals surface area contributed by atoms with Crippen molar-refractivity contribution in [3.63, 3.8) is 0 Å². The van der Waals surface area contributed by atoms with Crippen LogP contribution in [0.5, 0.6) is 0 Å². The highest BCUT2D eigenvalue weighted by Gasteiger charge is 2.29. The third-order valence-electron chi connectivity index (χ3n) is 5.18. The lowest BCUT2D eigenvalue weighted by atomic mass is 10.1. The van der Waals surface area contributed by atoms with E-state index >= 15 is 0 Å². The summed E-state index contributed by atoms with van der Waals surface area (Å²) in [7, 11) is 0. The topological polar surface area (TPSA) is 106 Å². The van der Waals surface area contributed by atoms with Crippen molar-refractivity contribution in [2.24, 2.45) is 0 Å². The molecule has 1 aliphatic rings. The Morgan fingerprint density at radius 1 is 1.25 bits per heavy atom. The first-order valence-electron chi connectivity index (χ1n) is 9.73. The Bertz CT molecular complexity index is 1450. The Balaban J connectivity index is 1.45. The maximum Gasteiger partial charge on any atom is 0.265 e. The SMILES string of the molecule is N#Cc1ccccc1NC(=O)CC1CSc2nc3c(cnn3-c3ccc(Cl)cc3)c(=O)n21. The summed E-state index contributed by atoms with van der Waals surface area (Å²) in [4.78, 5) is 30.5. The number of rotatable bonds is 4. The molecule has 3 heterocycles. The van der Waals surface area contributed by atoms with Crippen LogP contribution in [0.15, 0.2) is 64.7 Å². The third-order valence-corrected chi connectivity index (χ3v) is 6.53. The molecule has 10 heteroatoms. The van der Waals surface area contributed by atoms with Crippen LogP contribution in [0.2, 0.25) is 5.02 Å². The second-order valence-corrected chi connectivity index (χ2v) is 8.64. The van der Waals surface area contributed by atoms with Crippen LogP contribution >= 0.6 is 23.4 Å². The van der Waals surface area contributed by atoms with Crippen LogP contribution in [0.25, 0.3) is 16.7 Å². The van der Waals surface area contributed by atoms with Gasteiger partial charge in [0.05, 0.1) is 29.2 Å². The van der Waals surface area contributed by atoms with Gasteiger partial charge in [-0.2, -0.15) is 10.4 Å². The zero-order valence-corrected chi connectivity index (χ0v) is 18.1. The fourth-order valence-corrected chi connectivity index (χ4v) is 4.91. The number of aromatic nitrogens is 4. The summed E-state index contributed by atoms with van der Waals surface area (Å²) in [5.41, 5.74) is 1.82. The van der Waals surface area contributed by atoms with Gasteiger partial charge in [-0.05, 0) is 36.4 Å². The van der Waals surface area contributed by atoms with Gasteiger partial charge < -0.3 is 5.32 Å². The first kappa shape index (κ1) is 20.3. The van der Waals surface area contributed by atoms with Crippen molar-refractivity contribution in [1.82, 2.24) is 19.3 Å². The molecule has 0 radical (unpaired) electrons. The zero-order chi connectivity index (χ0) is 22.2. The Kier molecular flexibility index (Phi) is 5.17. The molecule has 0 spiro atoms. The molecule has 5 rings (SSSR count). The second-order valence-electron chi connectivity index (χ2n) is 7.21. The summed E-state index contributed by atoms with van der Waals surface area (Å²) in [6.07, 6.45) is 1.59. The number of hydrogen-bond donors (Lipinski definition) is 1. The fourth-order valence-electron chi connectivity index (χ4n) is 3.66. The van der Waals surface area contributed by atoms with Crippen LogP contribution in [0.1, 0.15) is 18.0 Å². The molecule has 158 valence electrons. The second kappa shape index (κ2) is 8.15. The van der Waals surface area contributed by atoms with Gasteiger partial charge >= 0.3 is 0 Å². The van der Waals surface area contributed by atoms with Crippen molar-refractivity contribution >= 4 is 46.0 Å². The third kappa shape index (κ3) is 3.53. The smallest absolute Gasteiger partial charge is 0.265 e. The minimum absolute atomic E-state index is 0.0954. The van der Waals surface area contributed by atoms with E-state index in [0.717, 1.165) is 5.69 Å². The van der Waals surface area contributed by atoms with Crippen LogP contribution in [0.4, 0.5) is 5.69 Å². The van der Waals surface area contributed by atoms with Gasteiger partial charge in [0, 0.05) is 17.2 Å². The molecule has 0 saturated heterocycles. The van der Waals surface area contributed by atoms with E-state index in [1.807, 2.05) is 0 Å². The van der Waals surface area contributed by atoms with E-state index in [-0.39, 0.29) is 23.9 Å². The van der Waals surface area contributed by atoms with Gasteiger partial charge in [-0.3, -0.25) is 14.2 Å². The maximum absolute atomic E-state index is 13.2. The van der Waals surface area contributed by atoms with Crippen molar-refractivity contribution < 1.29 is 4.79 Å². The molecule has 0 fully saturated rings. The van der Waals surface area contributed by atoms with E-state index in [4.69, 9.17) is 11.6 Å². The lowest BCUT2D eigenvalue weighted by Crippen LogP contribution is -2.27. The van der Waals surface area contributed by atoms with Crippen LogP contribution in [-0.4, -0.2) is 31.0 Å². The fraction of sp³-hybridized carbons (Fsp3) is 0.136. The molecular formula is C22H15ClN6O2S. The van der Waals surface area contributed by atoms with Crippen molar-refractivity contribution in [3.8, 4) is 11.8 Å². The van der Waals surface area contributed by atoms with E-state index in [1.165, 1.54) is 18.0 Å².